The Morgan fingerprint density at radius 1 is 1.21 bits per heavy atom. The molecular formula is C9H14N2O3. The van der Waals surface area contributed by atoms with Crippen LogP contribution in [-0.2, 0) is 14.4 Å². The summed E-state index contributed by atoms with van der Waals surface area (Å²) in [5, 5.41) is 0. The Hall–Kier alpha value is -1.39. The van der Waals surface area contributed by atoms with Gasteiger partial charge in [-0.15, -0.1) is 0 Å². The monoisotopic (exact) mass is 198 g/mol. The Bertz CT molecular complexity index is 275. The number of carbonyl (C=O) groups excluding carboxylic acids is 3. The first-order valence-electron chi connectivity index (χ1n) is 4.64. The van der Waals surface area contributed by atoms with Gasteiger partial charge in [0.25, 0.3) is 0 Å². The van der Waals surface area contributed by atoms with Crippen LogP contribution in [0, 0.1) is 0 Å². The van der Waals surface area contributed by atoms with E-state index in [0.717, 1.165) is 0 Å². The molecule has 1 aliphatic rings. The number of likely N-dealkylation sites (N-methyl/N-ethyl adjacent to an activating group) is 1. The number of piperazine rings is 1. The van der Waals surface area contributed by atoms with E-state index < -0.39 is 11.8 Å². The smallest absolute Gasteiger partial charge is 0.312 e. The fourth-order valence-corrected chi connectivity index (χ4v) is 1.44. The highest BCUT2D eigenvalue weighted by atomic mass is 16.2. The van der Waals surface area contributed by atoms with Gasteiger partial charge < -0.3 is 9.80 Å². The zero-order valence-corrected chi connectivity index (χ0v) is 8.45. The normalized spacial score (nSPS) is 17.6. The highest BCUT2D eigenvalue weighted by molar-refractivity contribution is 6.35. The van der Waals surface area contributed by atoms with Gasteiger partial charge in [0.1, 0.15) is 5.78 Å². The third-order valence-corrected chi connectivity index (χ3v) is 2.19. The zero-order chi connectivity index (χ0) is 10.7. The number of hydrogen-bond donors (Lipinski definition) is 0. The van der Waals surface area contributed by atoms with Crippen LogP contribution in [0.25, 0.3) is 0 Å². The van der Waals surface area contributed by atoms with Gasteiger partial charge >= 0.3 is 11.8 Å². The minimum Gasteiger partial charge on any atom is -0.333 e. The largest absolute Gasteiger partial charge is 0.333 e. The van der Waals surface area contributed by atoms with Gasteiger partial charge in [0.05, 0.1) is 6.54 Å². The van der Waals surface area contributed by atoms with E-state index in [2.05, 4.69) is 0 Å². The number of ketones is 1. The number of hydrogen-bond acceptors (Lipinski definition) is 3. The first kappa shape index (κ1) is 10.7. The van der Waals surface area contributed by atoms with Crippen LogP contribution in [0.15, 0.2) is 0 Å². The Balaban J connectivity index is 2.64. The van der Waals surface area contributed by atoms with Gasteiger partial charge in [0, 0.05) is 19.6 Å². The molecule has 0 radical (unpaired) electrons. The number of nitrogens with zero attached hydrogens (tertiary/aromatic N) is 2. The summed E-state index contributed by atoms with van der Waals surface area (Å²) < 4.78 is 0. The summed E-state index contributed by atoms with van der Waals surface area (Å²) in [5.74, 6) is -1.16. The molecule has 0 aliphatic carbocycles. The lowest BCUT2D eigenvalue weighted by atomic mass is 10.2. The zero-order valence-electron chi connectivity index (χ0n) is 8.45. The van der Waals surface area contributed by atoms with Crippen molar-refractivity contribution in [2.75, 3.05) is 26.2 Å². The highest BCUT2D eigenvalue weighted by Gasteiger charge is 2.31. The SMILES string of the molecule is CCN1CCN(CC(C)=O)C(=O)C1=O. The van der Waals surface area contributed by atoms with Crippen molar-refractivity contribution >= 4 is 17.6 Å². The van der Waals surface area contributed by atoms with Crippen LogP contribution in [0.1, 0.15) is 13.8 Å². The summed E-state index contributed by atoms with van der Waals surface area (Å²) in [6, 6.07) is 0. The molecule has 0 spiro atoms. The summed E-state index contributed by atoms with van der Waals surface area (Å²) in [6.07, 6.45) is 0. The molecule has 1 fully saturated rings. The van der Waals surface area contributed by atoms with Gasteiger partial charge in [-0.25, -0.2) is 0 Å². The third-order valence-electron chi connectivity index (χ3n) is 2.19. The molecular weight excluding hydrogens is 184 g/mol. The van der Waals surface area contributed by atoms with E-state index in [9.17, 15) is 14.4 Å². The molecule has 0 unspecified atom stereocenters. The molecule has 0 aromatic heterocycles. The Kier molecular flexibility index (Phi) is 3.22. The minimum atomic E-state index is -0.562. The summed E-state index contributed by atoms with van der Waals surface area (Å²) in [4.78, 5) is 36.4. The number of Topliss-reactive ketones (excluding diaryl/α,β-unsaturated/α-hetero) is 1. The average molecular weight is 198 g/mol. The molecule has 0 aromatic carbocycles. The molecule has 78 valence electrons. The van der Waals surface area contributed by atoms with Crippen molar-refractivity contribution in [1.82, 2.24) is 9.80 Å². The van der Waals surface area contributed by atoms with E-state index in [1.54, 1.807) is 0 Å². The summed E-state index contributed by atoms with van der Waals surface area (Å²) in [7, 11) is 0. The molecule has 0 N–H and O–H groups in total. The van der Waals surface area contributed by atoms with Gasteiger partial charge in [-0.05, 0) is 13.8 Å². The van der Waals surface area contributed by atoms with E-state index in [0.29, 0.717) is 19.6 Å². The predicted octanol–water partition coefficient (Wildman–Crippen LogP) is -0.734. The van der Waals surface area contributed by atoms with Crippen molar-refractivity contribution in [3.63, 3.8) is 0 Å². The van der Waals surface area contributed by atoms with Crippen molar-refractivity contribution in [3.05, 3.63) is 0 Å². The molecule has 1 saturated heterocycles. The van der Waals surface area contributed by atoms with Crippen LogP contribution >= 0.6 is 0 Å². The molecule has 1 rings (SSSR count). The lowest BCUT2D eigenvalue weighted by Crippen LogP contribution is -2.55. The maximum atomic E-state index is 11.4. The van der Waals surface area contributed by atoms with Crippen LogP contribution in [0.2, 0.25) is 0 Å². The molecule has 0 aromatic rings. The molecule has 1 aliphatic heterocycles. The average Bonchev–Trinajstić information content (AvgIpc) is 2.13. The molecule has 0 bridgehead atoms. The van der Waals surface area contributed by atoms with Crippen molar-refractivity contribution in [2.24, 2.45) is 0 Å². The molecule has 5 nitrogen and oxygen atoms in total. The predicted molar refractivity (Wildman–Crippen MR) is 49.5 cm³/mol. The van der Waals surface area contributed by atoms with Gasteiger partial charge in [0.2, 0.25) is 0 Å². The fraction of sp³-hybridized carbons (Fsp3) is 0.667. The topological polar surface area (TPSA) is 57.7 Å². The van der Waals surface area contributed by atoms with Gasteiger partial charge in [-0.1, -0.05) is 0 Å². The maximum absolute atomic E-state index is 11.4. The lowest BCUT2D eigenvalue weighted by molar-refractivity contribution is -0.156. The summed E-state index contributed by atoms with van der Waals surface area (Å²) >= 11 is 0. The van der Waals surface area contributed by atoms with E-state index in [4.69, 9.17) is 0 Å². The summed E-state index contributed by atoms with van der Waals surface area (Å²) in [5.41, 5.74) is 0. The standard InChI is InChI=1S/C9H14N2O3/c1-3-10-4-5-11(6-7(2)12)9(14)8(10)13/h3-6H2,1-2H3. The van der Waals surface area contributed by atoms with Crippen molar-refractivity contribution in [3.8, 4) is 0 Å². The molecule has 5 heteroatoms. The van der Waals surface area contributed by atoms with E-state index >= 15 is 0 Å². The number of carbonyl (C=O) groups is 3. The second kappa shape index (κ2) is 4.21. The Labute approximate surface area is 82.7 Å². The second-order valence-electron chi connectivity index (χ2n) is 3.31. The Morgan fingerprint density at radius 2 is 1.71 bits per heavy atom. The third kappa shape index (κ3) is 2.10. The highest BCUT2D eigenvalue weighted by Crippen LogP contribution is 2.04. The van der Waals surface area contributed by atoms with Crippen LogP contribution in [0.3, 0.4) is 0 Å². The maximum Gasteiger partial charge on any atom is 0.312 e. The molecule has 14 heavy (non-hydrogen) atoms. The Morgan fingerprint density at radius 3 is 2.21 bits per heavy atom. The van der Waals surface area contributed by atoms with Crippen LogP contribution in [-0.4, -0.2) is 53.6 Å². The number of amides is 2. The van der Waals surface area contributed by atoms with Gasteiger partial charge in [0.15, 0.2) is 0 Å². The van der Waals surface area contributed by atoms with E-state index in [1.807, 2.05) is 6.92 Å². The lowest BCUT2D eigenvalue weighted by Gasteiger charge is -2.32. The van der Waals surface area contributed by atoms with Gasteiger partial charge in [-0.2, -0.15) is 0 Å². The first-order chi connectivity index (χ1) is 6.56. The first-order valence-corrected chi connectivity index (χ1v) is 4.64. The quantitative estimate of drug-likeness (QED) is 0.561. The van der Waals surface area contributed by atoms with E-state index in [1.165, 1.54) is 16.7 Å². The molecule has 1 heterocycles. The minimum absolute atomic E-state index is 0.0438. The van der Waals surface area contributed by atoms with Crippen LogP contribution in [0.5, 0.6) is 0 Å². The van der Waals surface area contributed by atoms with Gasteiger partial charge in [-0.3, -0.25) is 14.4 Å². The second-order valence-corrected chi connectivity index (χ2v) is 3.31. The van der Waals surface area contributed by atoms with E-state index in [-0.39, 0.29) is 12.3 Å². The molecule has 2 amide bonds. The van der Waals surface area contributed by atoms with Crippen molar-refractivity contribution < 1.29 is 14.4 Å². The molecule has 0 atom stereocenters. The summed E-state index contributed by atoms with van der Waals surface area (Å²) in [6.45, 7) is 4.79. The molecule has 0 saturated carbocycles. The van der Waals surface area contributed by atoms with Crippen LogP contribution in [0.4, 0.5) is 0 Å². The fourth-order valence-electron chi connectivity index (χ4n) is 1.44. The van der Waals surface area contributed by atoms with Crippen LogP contribution < -0.4 is 0 Å². The van der Waals surface area contributed by atoms with Crippen molar-refractivity contribution in [2.45, 2.75) is 13.8 Å². The number of rotatable bonds is 3. The van der Waals surface area contributed by atoms with Crippen molar-refractivity contribution in [1.29, 1.82) is 0 Å².